The van der Waals surface area contributed by atoms with Gasteiger partial charge in [-0.25, -0.2) is 13.2 Å². The molecule has 0 bridgehead atoms. The van der Waals surface area contributed by atoms with Gasteiger partial charge in [-0.15, -0.1) is 0 Å². The van der Waals surface area contributed by atoms with E-state index in [-0.39, 0.29) is 24.3 Å². The number of rotatable bonds is 9. The van der Waals surface area contributed by atoms with Gasteiger partial charge in [-0.1, -0.05) is 13.8 Å². The zero-order valence-corrected chi connectivity index (χ0v) is 21.4. The van der Waals surface area contributed by atoms with Crippen molar-refractivity contribution in [3.8, 4) is 0 Å². The molecule has 0 saturated carbocycles. The van der Waals surface area contributed by atoms with Gasteiger partial charge in [-0.3, -0.25) is 4.99 Å². The lowest BCUT2D eigenvalue weighted by molar-refractivity contribution is 0.0485. The molecule has 0 radical (unpaired) electrons. The Morgan fingerprint density at radius 2 is 1.70 bits per heavy atom. The van der Waals surface area contributed by atoms with Crippen LogP contribution < -0.4 is 10.6 Å². The third-order valence-electron chi connectivity index (χ3n) is 4.53. The Morgan fingerprint density at radius 1 is 1.13 bits per heavy atom. The maximum Gasteiger partial charge on any atom is 0.407 e. The van der Waals surface area contributed by atoms with Crippen molar-refractivity contribution in [1.82, 2.24) is 15.5 Å². The Hall–Kier alpha value is -1.51. The summed E-state index contributed by atoms with van der Waals surface area (Å²) < 4.78 is 29.2. The van der Waals surface area contributed by atoms with Gasteiger partial charge in [0.2, 0.25) is 0 Å². The van der Waals surface area contributed by atoms with E-state index in [4.69, 9.17) is 4.74 Å². The summed E-state index contributed by atoms with van der Waals surface area (Å²) >= 11 is 0. The molecule has 0 aromatic heterocycles. The van der Waals surface area contributed by atoms with Gasteiger partial charge in [0.05, 0.1) is 17.0 Å². The number of amides is 1. The van der Waals surface area contributed by atoms with E-state index in [0.29, 0.717) is 25.5 Å². The minimum absolute atomic E-state index is 0.00799. The SMILES string of the molecule is CCNC(=NCCS(=O)(=O)C(C)(C)C)N(C)CCC(NC(=O)OC(C)(C)C)C(C)C. The molecule has 2 N–H and O–H groups in total. The van der Waals surface area contributed by atoms with Crippen molar-refractivity contribution >= 4 is 21.9 Å². The van der Waals surface area contributed by atoms with E-state index in [1.165, 1.54) is 0 Å². The molecule has 0 fully saturated rings. The molecule has 0 aromatic rings. The lowest BCUT2D eigenvalue weighted by Gasteiger charge is -2.28. The second-order valence-electron chi connectivity index (χ2n) is 9.87. The summed E-state index contributed by atoms with van der Waals surface area (Å²) in [6, 6.07) is -0.0496. The number of nitrogens with one attached hydrogen (secondary N) is 2. The van der Waals surface area contributed by atoms with Crippen molar-refractivity contribution in [2.24, 2.45) is 10.9 Å². The Bertz CT molecular complexity index is 661. The molecule has 0 aliphatic carbocycles. The van der Waals surface area contributed by atoms with Crippen LogP contribution in [0.5, 0.6) is 0 Å². The standard InChI is InChI=1S/C21H44N4O4S/c1-11-22-18(23-13-15-30(27,28)21(7,8)9)25(10)14-12-17(16(2)3)24-19(26)29-20(4,5)6/h16-17H,11-15H2,1-10H3,(H,22,23)(H,24,26). The zero-order valence-electron chi connectivity index (χ0n) is 20.6. The highest BCUT2D eigenvalue weighted by Gasteiger charge is 2.28. The maximum absolute atomic E-state index is 12.3. The largest absolute Gasteiger partial charge is 0.444 e. The average molecular weight is 449 g/mol. The maximum atomic E-state index is 12.3. The van der Waals surface area contributed by atoms with Gasteiger partial charge < -0.3 is 20.3 Å². The quantitative estimate of drug-likeness (QED) is 0.415. The lowest BCUT2D eigenvalue weighted by atomic mass is 10.0. The number of guanidine groups is 1. The van der Waals surface area contributed by atoms with E-state index in [2.05, 4.69) is 29.5 Å². The van der Waals surface area contributed by atoms with Crippen LogP contribution in [0, 0.1) is 5.92 Å². The van der Waals surface area contributed by atoms with Crippen LogP contribution in [0.3, 0.4) is 0 Å². The second-order valence-corrected chi connectivity index (χ2v) is 12.7. The van der Waals surface area contributed by atoms with Crippen molar-refractivity contribution in [3.05, 3.63) is 0 Å². The minimum Gasteiger partial charge on any atom is -0.444 e. The van der Waals surface area contributed by atoms with E-state index >= 15 is 0 Å². The predicted molar refractivity (Wildman–Crippen MR) is 125 cm³/mol. The van der Waals surface area contributed by atoms with E-state index in [9.17, 15) is 13.2 Å². The van der Waals surface area contributed by atoms with Gasteiger partial charge in [-0.2, -0.15) is 0 Å². The zero-order chi connectivity index (χ0) is 23.8. The third kappa shape index (κ3) is 11.0. The number of aliphatic imine (C=N–C) groups is 1. The number of carbonyl (C=O) groups excluding carboxylic acids is 1. The highest BCUT2D eigenvalue weighted by molar-refractivity contribution is 7.92. The molecule has 8 nitrogen and oxygen atoms in total. The molecule has 30 heavy (non-hydrogen) atoms. The van der Waals surface area contributed by atoms with Crippen molar-refractivity contribution in [2.45, 2.75) is 85.1 Å². The lowest BCUT2D eigenvalue weighted by Crippen LogP contribution is -2.45. The summed E-state index contributed by atoms with van der Waals surface area (Å²) in [5.41, 5.74) is -0.541. The summed E-state index contributed by atoms with van der Waals surface area (Å²) in [5.74, 6) is 0.900. The number of alkyl carbamates (subject to hydrolysis) is 1. The van der Waals surface area contributed by atoms with Crippen molar-refractivity contribution in [3.63, 3.8) is 0 Å². The molecule has 0 heterocycles. The van der Waals surface area contributed by atoms with Gasteiger partial charge in [0.1, 0.15) is 5.60 Å². The fraction of sp³-hybridized carbons (Fsp3) is 0.905. The summed E-state index contributed by atoms with van der Waals surface area (Å²) in [4.78, 5) is 18.6. The van der Waals surface area contributed by atoms with Gasteiger partial charge in [-0.05, 0) is 60.8 Å². The third-order valence-corrected chi connectivity index (χ3v) is 7.12. The van der Waals surface area contributed by atoms with Crippen LogP contribution >= 0.6 is 0 Å². The fourth-order valence-corrected chi connectivity index (χ4v) is 3.46. The topological polar surface area (TPSA) is 100 Å². The molecule has 178 valence electrons. The number of nitrogens with zero attached hydrogens (tertiary/aromatic N) is 2. The first kappa shape index (κ1) is 28.5. The molecule has 1 amide bonds. The molecule has 0 aromatic carbocycles. The van der Waals surface area contributed by atoms with Crippen molar-refractivity contribution in [1.29, 1.82) is 0 Å². The van der Waals surface area contributed by atoms with E-state index in [1.807, 2.05) is 39.6 Å². The average Bonchev–Trinajstić information content (AvgIpc) is 2.54. The predicted octanol–water partition coefficient (Wildman–Crippen LogP) is 3.04. The summed E-state index contributed by atoms with van der Waals surface area (Å²) in [5, 5.41) is 6.15. The molecule has 0 rings (SSSR count). The van der Waals surface area contributed by atoms with Gasteiger partial charge >= 0.3 is 6.09 Å². The van der Waals surface area contributed by atoms with Crippen LogP contribution in [0.25, 0.3) is 0 Å². The molecule has 1 atom stereocenters. The fourth-order valence-electron chi connectivity index (χ4n) is 2.52. The molecule has 0 saturated heterocycles. The Labute approximate surface area is 184 Å². The molecule has 9 heteroatoms. The Balaban J connectivity index is 4.98. The number of hydrogen-bond donors (Lipinski definition) is 2. The number of ether oxygens (including phenoxy) is 1. The summed E-state index contributed by atoms with van der Waals surface area (Å²) in [6.45, 7) is 18.2. The second kappa shape index (κ2) is 11.8. The first-order valence-electron chi connectivity index (χ1n) is 10.7. The highest BCUT2D eigenvalue weighted by Crippen LogP contribution is 2.15. The number of carbonyl (C=O) groups is 1. The van der Waals surface area contributed by atoms with Crippen LogP contribution in [0.4, 0.5) is 4.79 Å². The molecule has 0 spiro atoms. The van der Waals surface area contributed by atoms with Crippen LogP contribution in [0.2, 0.25) is 0 Å². The van der Waals surface area contributed by atoms with Crippen LogP contribution in [-0.2, 0) is 14.6 Å². The van der Waals surface area contributed by atoms with Crippen LogP contribution in [0.1, 0.15) is 68.7 Å². The van der Waals surface area contributed by atoms with E-state index in [0.717, 1.165) is 0 Å². The first-order valence-corrected chi connectivity index (χ1v) is 12.4. The van der Waals surface area contributed by atoms with E-state index < -0.39 is 26.3 Å². The van der Waals surface area contributed by atoms with E-state index in [1.54, 1.807) is 20.8 Å². The summed E-state index contributed by atoms with van der Waals surface area (Å²) in [7, 11) is -1.31. The Morgan fingerprint density at radius 3 is 2.13 bits per heavy atom. The van der Waals surface area contributed by atoms with Crippen LogP contribution in [0.15, 0.2) is 4.99 Å². The number of sulfone groups is 1. The minimum atomic E-state index is -3.21. The first-order chi connectivity index (χ1) is 13.5. The van der Waals surface area contributed by atoms with Crippen LogP contribution in [-0.4, -0.2) is 74.2 Å². The Kier molecular flexibility index (Phi) is 11.2. The van der Waals surface area contributed by atoms with Gasteiger partial charge in [0.25, 0.3) is 0 Å². The monoisotopic (exact) mass is 448 g/mol. The molecular formula is C21H44N4O4S. The summed E-state index contributed by atoms with van der Waals surface area (Å²) in [6.07, 6.45) is 0.287. The number of hydrogen-bond acceptors (Lipinski definition) is 5. The molecular weight excluding hydrogens is 404 g/mol. The van der Waals surface area contributed by atoms with Crippen molar-refractivity contribution in [2.75, 3.05) is 32.4 Å². The van der Waals surface area contributed by atoms with Gasteiger partial charge in [0.15, 0.2) is 15.8 Å². The van der Waals surface area contributed by atoms with Gasteiger partial charge in [0, 0.05) is 26.2 Å². The molecule has 1 unspecified atom stereocenters. The highest BCUT2D eigenvalue weighted by atomic mass is 32.2. The normalized spacial score (nSPS) is 14.4. The molecule has 0 aliphatic heterocycles. The van der Waals surface area contributed by atoms with Crippen molar-refractivity contribution < 1.29 is 17.9 Å². The smallest absolute Gasteiger partial charge is 0.407 e. The molecule has 0 aliphatic rings.